The number of likely N-dealkylation sites (tertiary alicyclic amines) is 1. The lowest BCUT2D eigenvalue weighted by Crippen LogP contribution is -2.61. The smallest absolute Gasteiger partial charge is 0.264 e. The lowest BCUT2D eigenvalue weighted by molar-refractivity contribution is -0.129. The number of alkyl halides is 2. The molecule has 2 aliphatic carbocycles. The molecule has 3 aliphatic rings. The van der Waals surface area contributed by atoms with Crippen LogP contribution in [0.1, 0.15) is 84.6 Å². The van der Waals surface area contributed by atoms with Gasteiger partial charge in [0.15, 0.2) is 0 Å². The Bertz CT molecular complexity index is 798. The van der Waals surface area contributed by atoms with Gasteiger partial charge in [0.05, 0.1) is 6.54 Å². The molecule has 1 aromatic rings. The highest BCUT2D eigenvalue weighted by atomic mass is 19.3. The van der Waals surface area contributed by atoms with Crippen molar-refractivity contribution in [3.8, 4) is 0 Å². The van der Waals surface area contributed by atoms with Crippen LogP contribution in [-0.4, -0.2) is 42.4 Å². The van der Waals surface area contributed by atoms with Crippen LogP contribution < -0.4 is 10.6 Å². The molecule has 1 heterocycles. The van der Waals surface area contributed by atoms with Gasteiger partial charge in [0.25, 0.3) is 6.43 Å². The van der Waals surface area contributed by atoms with Crippen molar-refractivity contribution in [1.82, 2.24) is 10.2 Å². The molecule has 3 fully saturated rings. The summed E-state index contributed by atoms with van der Waals surface area (Å²) in [6, 6.07) is 2.70. The van der Waals surface area contributed by atoms with Crippen molar-refractivity contribution in [2.45, 2.75) is 84.6 Å². The van der Waals surface area contributed by atoms with Gasteiger partial charge >= 0.3 is 0 Å². The van der Waals surface area contributed by atoms with E-state index < -0.39 is 17.8 Å². The quantitative estimate of drug-likeness (QED) is 0.494. The number of nitrogens with one attached hydrogen (secondary N) is 2. The summed E-state index contributed by atoms with van der Waals surface area (Å²) in [5.41, 5.74) is 0.252. The van der Waals surface area contributed by atoms with E-state index in [0.29, 0.717) is 18.4 Å². The van der Waals surface area contributed by atoms with Crippen LogP contribution in [0, 0.1) is 17.2 Å². The number of carbonyl (C=O) groups is 2. The van der Waals surface area contributed by atoms with Crippen molar-refractivity contribution in [2.24, 2.45) is 11.3 Å². The minimum absolute atomic E-state index is 0.0188. The van der Waals surface area contributed by atoms with E-state index in [1.54, 1.807) is 0 Å². The molecule has 1 saturated heterocycles. The second-order valence-electron chi connectivity index (χ2n) is 10.1. The molecule has 1 aliphatic heterocycles. The van der Waals surface area contributed by atoms with Gasteiger partial charge in [0, 0.05) is 29.9 Å². The van der Waals surface area contributed by atoms with Crippen molar-refractivity contribution in [1.29, 1.82) is 0 Å². The third-order valence-electron chi connectivity index (χ3n) is 7.12. The molecule has 4 rings (SSSR count). The number of anilines is 1. The lowest BCUT2D eigenvalue weighted by Gasteiger charge is -2.53. The van der Waals surface area contributed by atoms with Crippen LogP contribution in [0.2, 0.25) is 0 Å². The number of nitrogens with zero attached hydrogens (tertiary/aromatic N) is 1. The minimum atomic E-state index is -2.75. The summed E-state index contributed by atoms with van der Waals surface area (Å²) >= 11 is 0. The van der Waals surface area contributed by atoms with E-state index in [9.17, 15) is 22.8 Å². The Morgan fingerprint density at radius 3 is 2.26 bits per heavy atom. The summed E-state index contributed by atoms with van der Waals surface area (Å²) in [6.07, 6.45) is 6.65. The zero-order chi connectivity index (χ0) is 25.4. The number of hydrogen-bond acceptors (Lipinski definition) is 3. The van der Waals surface area contributed by atoms with Crippen molar-refractivity contribution in [3.05, 3.63) is 29.6 Å². The summed E-state index contributed by atoms with van der Waals surface area (Å²) in [5, 5.41) is 5.30. The maximum atomic E-state index is 12.6. The van der Waals surface area contributed by atoms with E-state index in [1.807, 2.05) is 13.8 Å². The Hall–Kier alpha value is -2.09. The molecule has 1 aromatic carbocycles. The first kappa shape index (κ1) is 28.1. The molecule has 2 N–H and O–H groups in total. The standard InChI is InChI=1S/C16H28N2O.C8H6F3NO.C2H6/c1-13-4-8-16(9-5-13)11-18(12-16)10-14(19)17-15(2)6-3-7-15;9-6-1-5(8(10)11)2-7(3-6)12-4-13;1-2/h13H,3-12H2,1-2H3,(H,17,19);1-4,8H,(H,12,13);1-2H3. The monoisotopic (exact) mass is 483 g/mol. The molecule has 8 heteroatoms. The fourth-order valence-electron chi connectivity index (χ4n) is 5.01. The van der Waals surface area contributed by atoms with Crippen LogP contribution in [-0.2, 0) is 9.59 Å². The second-order valence-corrected chi connectivity index (χ2v) is 10.1. The van der Waals surface area contributed by atoms with E-state index in [4.69, 9.17) is 0 Å². The van der Waals surface area contributed by atoms with Gasteiger partial charge in [-0.15, -0.1) is 0 Å². The van der Waals surface area contributed by atoms with Crippen LogP contribution in [0.4, 0.5) is 18.9 Å². The average Bonchev–Trinajstić information content (AvgIpc) is 2.75. The molecule has 0 radical (unpaired) electrons. The molecule has 5 nitrogen and oxygen atoms in total. The summed E-state index contributed by atoms with van der Waals surface area (Å²) in [7, 11) is 0. The Balaban J connectivity index is 0.000000239. The molecule has 0 atom stereocenters. The van der Waals surface area contributed by atoms with Crippen molar-refractivity contribution < 1.29 is 22.8 Å². The van der Waals surface area contributed by atoms with Gasteiger partial charge in [0.2, 0.25) is 12.3 Å². The van der Waals surface area contributed by atoms with Gasteiger partial charge in [-0.1, -0.05) is 33.6 Å². The highest BCUT2D eigenvalue weighted by Crippen LogP contribution is 2.45. The third kappa shape index (κ3) is 8.00. The molecular formula is C26H40F3N3O2. The summed E-state index contributed by atoms with van der Waals surface area (Å²) < 4.78 is 36.8. The maximum Gasteiger partial charge on any atom is 0.264 e. The number of rotatable bonds is 6. The zero-order valence-electron chi connectivity index (χ0n) is 20.9. The second kappa shape index (κ2) is 12.6. The number of hydrogen-bond donors (Lipinski definition) is 2. The molecule has 0 aromatic heterocycles. The van der Waals surface area contributed by atoms with Crippen LogP contribution in [0.25, 0.3) is 0 Å². The summed E-state index contributed by atoms with van der Waals surface area (Å²) in [4.78, 5) is 24.3. The Kier molecular flexibility index (Phi) is 10.4. The number of halogens is 3. The highest BCUT2D eigenvalue weighted by Gasteiger charge is 2.45. The fourth-order valence-corrected chi connectivity index (χ4v) is 5.01. The fraction of sp³-hybridized carbons (Fsp3) is 0.692. The van der Waals surface area contributed by atoms with Crippen molar-refractivity contribution in [3.63, 3.8) is 0 Å². The molecule has 2 amide bonds. The van der Waals surface area contributed by atoms with E-state index in [1.165, 1.54) is 32.1 Å². The Morgan fingerprint density at radius 2 is 1.76 bits per heavy atom. The lowest BCUT2D eigenvalue weighted by atomic mass is 9.66. The molecule has 34 heavy (non-hydrogen) atoms. The summed E-state index contributed by atoms with van der Waals surface area (Å²) in [6.45, 7) is 11.5. The van der Waals surface area contributed by atoms with Crippen LogP contribution in [0.15, 0.2) is 18.2 Å². The SMILES string of the molecule is CC.CC1CCC2(CC1)CN(CC(=O)NC1(C)CCC1)C2.O=CNc1cc(F)cc(C(F)F)c1. The minimum Gasteiger partial charge on any atom is -0.350 e. The predicted octanol–water partition coefficient (Wildman–Crippen LogP) is 5.92. The first-order valence-electron chi connectivity index (χ1n) is 12.4. The Morgan fingerprint density at radius 1 is 1.15 bits per heavy atom. The molecule has 0 bridgehead atoms. The van der Waals surface area contributed by atoms with E-state index in [0.717, 1.165) is 50.0 Å². The number of carbonyl (C=O) groups excluding carboxylic acids is 2. The van der Waals surface area contributed by atoms with Gasteiger partial charge in [-0.25, -0.2) is 13.2 Å². The first-order valence-corrected chi connectivity index (χ1v) is 12.4. The molecule has 2 saturated carbocycles. The topological polar surface area (TPSA) is 61.4 Å². The van der Waals surface area contributed by atoms with Crippen LogP contribution in [0.3, 0.4) is 0 Å². The largest absolute Gasteiger partial charge is 0.350 e. The van der Waals surface area contributed by atoms with Gasteiger partial charge < -0.3 is 10.6 Å². The van der Waals surface area contributed by atoms with E-state index in [2.05, 4.69) is 29.4 Å². The first-order chi connectivity index (χ1) is 16.1. The molecule has 1 spiro atoms. The van der Waals surface area contributed by atoms with Gasteiger partial charge in [-0.2, -0.15) is 0 Å². The van der Waals surface area contributed by atoms with Gasteiger partial charge in [-0.3, -0.25) is 14.5 Å². The number of benzene rings is 1. The van der Waals surface area contributed by atoms with Crippen LogP contribution >= 0.6 is 0 Å². The zero-order valence-corrected chi connectivity index (χ0v) is 20.9. The summed E-state index contributed by atoms with van der Waals surface area (Å²) in [5.74, 6) is 0.352. The Labute approximate surface area is 201 Å². The highest BCUT2D eigenvalue weighted by molar-refractivity contribution is 5.79. The molecular weight excluding hydrogens is 443 g/mol. The predicted molar refractivity (Wildman–Crippen MR) is 129 cm³/mol. The van der Waals surface area contributed by atoms with E-state index >= 15 is 0 Å². The van der Waals surface area contributed by atoms with Crippen LogP contribution in [0.5, 0.6) is 0 Å². The number of amides is 2. The molecule has 0 unspecified atom stereocenters. The average molecular weight is 484 g/mol. The van der Waals surface area contributed by atoms with Gasteiger partial charge in [0.1, 0.15) is 5.82 Å². The van der Waals surface area contributed by atoms with Crippen molar-refractivity contribution in [2.75, 3.05) is 25.0 Å². The van der Waals surface area contributed by atoms with Gasteiger partial charge in [-0.05, 0) is 68.6 Å². The normalized spacial score (nSPS) is 20.6. The maximum absolute atomic E-state index is 12.6. The molecule has 192 valence electrons. The van der Waals surface area contributed by atoms with E-state index in [-0.39, 0.29) is 17.1 Å². The third-order valence-corrected chi connectivity index (χ3v) is 7.12. The van der Waals surface area contributed by atoms with Crippen molar-refractivity contribution >= 4 is 18.0 Å².